The highest BCUT2D eigenvalue weighted by Crippen LogP contribution is 2.22. The molecule has 1 fully saturated rings. The molecule has 0 saturated heterocycles. The van der Waals surface area contributed by atoms with E-state index >= 15 is 0 Å². The first-order chi connectivity index (χ1) is 11.0. The van der Waals surface area contributed by atoms with Crippen molar-refractivity contribution in [3.05, 3.63) is 22.9 Å². The fourth-order valence-electron chi connectivity index (χ4n) is 2.47. The third-order valence-corrected chi connectivity index (χ3v) is 5.53. The first-order valence-corrected chi connectivity index (χ1v) is 11.0. The van der Waals surface area contributed by atoms with Gasteiger partial charge in [-0.05, 0) is 30.0 Å². The molecule has 132 valence electrons. The van der Waals surface area contributed by atoms with Gasteiger partial charge in [-0.25, -0.2) is 0 Å². The van der Waals surface area contributed by atoms with Crippen LogP contribution in [0.5, 0.6) is 0 Å². The molecule has 1 aliphatic carbocycles. The topological polar surface area (TPSA) is 60.4 Å². The first kappa shape index (κ1) is 20.3. The Bertz CT molecular complexity index is 485. The summed E-state index contributed by atoms with van der Waals surface area (Å²) in [7, 11) is -3.66. The summed E-state index contributed by atoms with van der Waals surface area (Å²) in [6.07, 6.45) is 7.77. The zero-order chi connectivity index (χ0) is 17.0. The highest BCUT2D eigenvalue weighted by molar-refractivity contribution is 7.87. The molecule has 0 aliphatic heterocycles. The molecule has 0 unspecified atom stereocenters. The minimum Gasteiger partial charge on any atom is -0.298 e. The molecule has 1 aromatic heterocycles. The Labute approximate surface area is 144 Å². The molecule has 0 bridgehead atoms. The summed E-state index contributed by atoms with van der Waals surface area (Å²) in [4.78, 5) is 11.5. The number of carbonyl (C=O) groups is 1. The maximum atomic E-state index is 11.6. The number of Topliss-reactive ketones (excluding diaryl/α,β-unsaturated/α-hetero) is 1. The Balaban J connectivity index is 0.000000446. The largest absolute Gasteiger partial charge is 0.298 e. The van der Waals surface area contributed by atoms with E-state index in [9.17, 15) is 13.2 Å². The molecule has 6 heteroatoms. The van der Waals surface area contributed by atoms with E-state index in [1.54, 1.807) is 11.3 Å². The van der Waals surface area contributed by atoms with Crippen LogP contribution in [0.2, 0.25) is 0 Å². The van der Waals surface area contributed by atoms with Gasteiger partial charge in [0.15, 0.2) is 0 Å². The molecule has 0 amide bonds. The monoisotopic (exact) mass is 360 g/mol. The fraction of sp³-hybridized carbons (Fsp3) is 0.706. The van der Waals surface area contributed by atoms with Gasteiger partial charge in [0.2, 0.25) is 0 Å². The second-order valence-electron chi connectivity index (χ2n) is 5.85. The van der Waals surface area contributed by atoms with Crippen LogP contribution >= 0.6 is 11.3 Å². The van der Waals surface area contributed by atoms with Crippen molar-refractivity contribution in [1.82, 2.24) is 0 Å². The summed E-state index contributed by atoms with van der Waals surface area (Å²) in [5.41, 5.74) is 0. The third-order valence-electron chi connectivity index (χ3n) is 3.66. The van der Waals surface area contributed by atoms with E-state index in [2.05, 4.69) is 6.92 Å². The van der Waals surface area contributed by atoms with Crippen molar-refractivity contribution < 1.29 is 17.4 Å². The normalized spacial score (nSPS) is 15.2. The number of hydrogen-bond donors (Lipinski definition) is 0. The average molecular weight is 361 g/mol. The lowest BCUT2D eigenvalue weighted by Crippen LogP contribution is -2.22. The average Bonchev–Trinajstić information content (AvgIpc) is 3.18. The zero-order valence-corrected chi connectivity index (χ0v) is 15.5. The Morgan fingerprint density at radius 3 is 2.30 bits per heavy atom. The standard InChI is InChI=1S/C13H24O4S.C4H4S/c1-2-3-4-5-8-12(14)11-18(15,16)17-13-9-6-7-10-13;1-2-4-5-3-1/h13H,2-11H2,1H3;1-4H. The first-order valence-electron chi connectivity index (χ1n) is 8.43. The van der Waals surface area contributed by atoms with Crippen LogP contribution in [0.3, 0.4) is 0 Å². The van der Waals surface area contributed by atoms with Gasteiger partial charge >= 0.3 is 0 Å². The summed E-state index contributed by atoms with van der Waals surface area (Å²) < 4.78 is 28.3. The van der Waals surface area contributed by atoms with Gasteiger partial charge in [0.05, 0.1) is 6.10 Å². The van der Waals surface area contributed by atoms with E-state index in [1.165, 1.54) is 0 Å². The Hall–Kier alpha value is -0.720. The number of rotatable bonds is 9. The molecule has 1 heterocycles. The fourth-order valence-corrected chi connectivity index (χ4v) is 4.14. The van der Waals surface area contributed by atoms with Crippen LogP contribution in [-0.2, 0) is 19.1 Å². The summed E-state index contributed by atoms with van der Waals surface area (Å²) in [5.74, 6) is -0.667. The van der Waals surface area contributed by atoms with Gasteiger partial charge in [0.25, 0.3) is 10.1 Å². The van der Waals surface area contributed by atoms with E-state index in [0.29, 0.717) is 6.42 Å². The van der Waals surface area contributed by atoms with Crippen LogP contribution in [0.1, 0.15) is 64.7 Å². The highest BCUT2D eigenvalue weighted by atomic mass is 32.2. The molecule has 0 N–H and O–H groups in total. The Morgan fingerprint density at radius 2 is 1.78 bits per heavy atom. The van der Waals surface area contributed by atoms with E-state index < -0.39 is 15.9 Å². The van der Waals surface area contributed by atoms with Crippen molar-refractivity contribution in [3.63, 3.8) is 0 Å². The lowest BCUT2D eigenvalue weighted by Gasteiger charge is -2.10. The van der Waals surface area contributed by atoms with Crippen molar-refractivity contribution in [1.29, 1.82) is 0 Å². The van der Waals surface area contributed by atoms with Crippen LogP contribution in [0.4, 0.5) is 0 Å². The molecule has 2 rings (SSSR count). The van der Waals surface area contributed by atoms with Crippen molar-refractivity contribution >= 4 is 27.2 Å². The van der Waals surface area contributed by atoms with Crippen LogP contribution in [-0.4, -0.2) is 26.1 Å². The van der Waals surface area contributed by atoms with Gasteiger partial charge in [0.1, 0.15) is 11.5 Å². The SMILES string of the molecule is CCCCCCC(=O)CS(=O)(=O)OC1CCCC1.c1ccsc1. The molecule has 1 aliphatic rings. The maximum absolute atomic E-state index is 11.6. The zero-order valence-electron chi connectivity index (χ0n) is 13.9. The van der Waals surface area contributed by atoms with Gasteiger partial charge in [-0.2, -0.15) is 19.8 Å². The van der Waals surface area contributed by atoms with E-state index in [1.807, 2.05) is 22.9 Å². The number of hydrogen-bond acceptors (Lipinski definition) is 5. The van der Waals surface area contributed by atoms with Crippen molar-refractivity contribution in [3.8, 4) is 0 Å². The second kappa shape index (κ2) is 11.8. The predicted molar refractivity (Wildman–Crippen MR) is 95.2 cm³/mol. The van der Waals surface area contributed by atoms with Crippen molar-refractivity contribution in [2.24, 2.45) is 0 Å². The highest BCUT2D eigenvalue weighted by Gasteiger charge is 2.24. The summed E-state index contributed by atoms with van der Waals surface area (Å²) >= 11 is 1.71. The number of ketones is 1. The third kappa shape index (κ3) is 10.6. The molecular formula is C17H28O4S2. The Kier molecular flexibility index (Phi) is 10.4. The lowest BCUT2D eigenvalue weighted by atomic mass is 10.1. The molecule has 0 aromatic carbocycles. The molecule has 4 nitrogen and oxygen atoms in total. The van der Waals surface area contributed by atoms with Crippen LogP contribution in [0.15, 0.2) is 22.9 Å². The van der Waals surface area contributed by atoms with Gasteiger partial charge in [-0.1, -0.05) is 51.2 Å². The van der Waals surface area contributed by atoms with Crippen LogP contribution in [0, 0.1) is 0 Å². The molecule has 0 spiro atoms. The molecule has 0 atom stereocenters. The van der Waals surface area contributed by atoms with E-state index in [-0.39, 0.29) is 11.9 Å². The Morgan fingerprint density at radius 1 is 1.13 bits per heavy atom. The molecule has 1 aromatic rings. The number of unbranched alkanes of at least 4 members (excludes halogenated alkanes) is 3. The molecule has 1 saturated carbocycles. The second-order valence-corrected chi connectivity index (χ2v) is 8.26. The minimum absolute atomic E-state index is 0.192. The maximum Gasteiger partial charge on any atom is 0.274 e. The smallest absolute Gasteiger partial charge is 0.274 e. The van der Waals surface area contributed by atoms with Gasteiger partial charge < -0.3 is 0 Å². The van der Waals surface area contributed by atoms with Crippen molar-refractivity contribution in [2.75, 3.05) is 5.75 Å². The molecule has 0 radical (unpaired) electrons. The lowest BCUT2D eigenvalue weighted by molar-refractivity contribution is -0.116. The van der Waals surface area contributed by atoms with E-state index in [0.717, 1.165) is 51.4 Å². The van der Waals surface area contributed by atoms with Gasteiger partial charge in [-0.3, -0.25) is 8.98 Å². The predicted octanol–water partition coefficient (Wildman–Crippen LogP) is 4.56. The van der Waals surface area contributed by atoms with Crippen molar-refractivity contribution in [2.45, 2.75) is 70.8 Å². The summed E-state index contributed by atoms with van der Waals surface area (Å²) in [6, 6.07) is 4.04. The molecule has 23 heavy (non-hydrogen) atoms. The van der Waals surface area contributed by atoms with Crippen LogP contribution in [0.25, 0.3) is 0 Å². The van der Waals surface area contributed by atoms with Crippen LogP contribution < -0.4 is 0 Å². The minimum atomic E-state index is -3.66. The number of carbonyl (C=O) groups excluding carboxylic acids is 1. The summed E-state index contributed by atoms with van der Waals surface area (Å²) in [6.45, 7) is 2.10. The van der Waals surface area contributed by atoms with E-state index in [4.69, 9.17) is 4.18 Å². The molecular weight excluding hydrogens is 332 g/mol. The quantitative estimate of drug-likeness (QED) is 0.478. The summed E-state index contributed by atoms with van der Waals surface area (Å²) in [5, 5.41) is 4.08. The van der Waals surface area contributed by atoms with Gasteiger partial charge in [0, 0.05) is 6.42 Å². The number of thiophene rings is 1. The van der Waals surface area contributed by atoms with Gasteiger partial charge in [-0.15, -0.1) is 0 Å².